The molecule has 4 nitrogen and oxygen atoms in total. The number of carboxylic acids is 1. The Labute approximate surface area is 112 Å². The lowest BCUT2D eigenvalue weighted by molar-refractivity contribution is 0.0696. The summed E-state index contributed by atoms with van der Waals surface area (Å²) in [7, 11) is 0. The molecular formula is C13H17ClN2O2. The second-order valence-corrected chi connectivity index (χ2v) is 5.42. The summed E-state index contributed by atoms with van der Waals surface area (Å²) < 4.78 is 0. The summed E-state index contributed by atoms with van der Waals surface area (Å²) in [5, 5.41) is 9.27. The average molecular weight is 269 g/mol. The van der Waals surface area contributed by atoms with E-state index in [1.807, 2.05) is 0 Å². The number of aromatic nitrogens is 1. The van der Waals surface area contributed by atoms with Gasteiger partial charge in [-0.2, -0.15) is 0 Å². The maximum atomic E-state index is 11.0. The zero-order valence-corrected chi connectivity index (χ0v) is 11.3. The molecule has 0 aliphatic heterocycles. The minimum absolute atomic E-state index is 0.187. The molecule has 1 aromatic heterocycles. The summed E-state index contributed by atoms with van der Waals surface area (Å²) in [6.45, 7) is 5.07. The summed E-state index contributed by atoms with van der Waals surface area (Å²) in [6.07, 6.45) is 2.49. The predicted molar refractivity (Wildman–Crippen MR) is 71.4 cm³/mol. The highest BCUT2D eigenvalue weighted by Gasteiger charge is 2.26. The molecule has 0 spiro atoms. The molecule has 0 amide bonds. The number of carbonyl (C=O) groups is 1. The largest absolute Gasteiger partial charge is 0.478 e. The molecule has 1 aliphatic carbocycles. The summed E-state index contributed by atoms with van der Waals surface area (Å²) in [5.74, 6) is 0.388. The molecule has 98 valence electrons. The van der Waals surface area contributed by atoms with Gasteiger partial charge in [-0.25, -0.2) is 9.78 Å². The van der Waals surface area contributed by atoms with Crippen LogP contribution in [0.25, 0.3) is 0 Å². The number of nitrogens with zero attached hydrogens (tertiary/aromatic N) is 2. The second kappa shape index (κ2) is 5.14. The van der Waals surface area contributed by atoms with Gasteiger partial charge in [0.2, 0.25) is 0 Å². The van der Waals surface area contributed by atoms with E-state index in [0.717, 1.165) is 6.54 Å². The topological polar surface area (TPSA) is 53.4 Å². The van der Waals surface area contributed by atoms with Crippen molar-refractivity contribution in [3.8, 4) is 0 Å². The van der Waals surface area contributed by atoms with E-state index < -0.39 is 5.97 Å². The van der Waals surface area contributed by atoms with E-state index in [0.29, 0.717) is 11.7 Å². The van der Waals surface area contributed by atoms with Crippen LogP contribution in [0.2, 0.25) is 5.15 Å². The molecular weight excluding hydrogens is 252 g/mol. The van der Waals surface area contributed by atoms with E-state index in [9.17, 15) is 4.79 Å². The lowest BCUT2D eigenvalue weighted by atomic mass is 10.2. The fourth-order valence-corrected chi connectivity index (χ4v) is 2.11. The smallest absolute Gasteiger partial charge is 0.335 e. The Balaban J connectivity index is 2.30. The van der Waals surface area contributed by atoms with Gasteiger partial charge in [0.25, 0.3) is 0 Å². The SMILES string of the molecule is CC(C)N(CC1CC1)c1cc(C(=O)O)cc(Cl)n1. The molecule has 1 aromatic rings. The van der Waals surface area contributed by atoms with Crippen LogP contribution in [-0.2, 0) is 0 Å². The fourth-order valence-electron chi connectivity index (χ4n) is 1.90. The summed E-state index contributed by atoms with van der Waals surface area (Å²) in [6, 6.07) is 3.25. The van der Waals surface area contributed by atoms with Crippen molar-refractivity contribution in [3.05, 3.63) is 22.8 Å². The highest BCUT2D eigenvalue weighted by Crippen LogP contribution is 2.32. The first kappa shape index (κ1) is 13.1. The number of pyridine rings is 1. The molecule has 5 heteroatoms. The van der Waals surface area contributed by atoms with Crippen LogP contribution in [0.4, 0.5) is 5.82 Å². The van der Waals surface area contributed by atoms with Crippen LogP contribution in [0.15, 0.2) is 12.1 Å². The quantitative estimate of drug-likeness (QED) is 0.834. The van der Waals surface area contributed by atoms with Crippen molar-refractivity contribution in [1.82, 2.24) is 4.98 Å². The first-order valence-electron chi connectivity index (χ1n) is 6.15. The Bertz CT molecular complexity index is 458. The standard InChI is InChI=1S/C13H17ClN2O2/c1-8(2)16(7-9-3-4-9)12-6-10(13(17)18)5-11(14)15-12/h5-6,8-9H,3-4,7H2,1-2H3,(H,17,18). The third-order valence-electron chi connectivity index (χ3n) is 3.10. The van der Waals surface area contributed by atoms with E-state index in [2.05, 4.69) is 23.7 Å². The Hall–Kier alpha value is -1.29. The van der Waals surface area contributed by atoms with Crippen molar-refractivity contribution >= 4 is 23.4 Å². The molecule has 1 aliphatic rings. The van der Waals surface area contributed by atoms with E-state index in [-0.39, 0.29) is 16.8 Å². The number of hydrogen-bond acceptors (Lipinski definition) is 3. The van der Waals surface area contributed by atoms with Gasteiger partial charge in [0, 0.05) is 12.6 Å². The van der Waals surface area contributed by atoms with E-state index in [1.54, 1.807) is 6.07 Å². The molecule has 0 unspecified atom stereocenters. The van der Waals surface area contributed by atoms with Gasteiger partial charge >= 0.3 is 5.97 Å². The Kier molecular flexibility index (Phi) is 3.76. The van der Waals surface area contributed by atoms with Crippen molar-refractivity contribution in [2.45, 2.75) is 32.7 Å². The van der Waals surface area contributed by atoms with Gasteiger partial charge in [-0.1, -0.05) is 11.6 Å². The molecule has 1 N–H and O–H groups in total. The predicted octanol–water partition coefficient (Wildman–Crippen LogP) is 3.06. The minimum Gasteiger partial charge on any atom is -0.478 e. The highest BCUT2D eigenvalue weighted by atomic mass is 35.5. The van der Waals surface area contributed by atoms with E-state index in [1.165, 1.54) is 18.9 Å². The molecule has 0 aromatic carbocycles. The van der Waals surface area contributed by atoms with Crippen molar-refractivity contribution in [2.24, 2.45) is 5.92 Å². The molecule has 1 fully saturated rings. The van der Waals surface area contributed by atoms with Crippen LogP contribution in [0.5, 0.6) is 0 Å². The van der Waals surface area contributed by atoms with Crippen LogP contribution < -0.4 is 4.90 Å². The second-order valence-electron chi connectivity index (χ2n) is 5.03. The van der Waals surface area contributed by atoms with Crippen molar-refractivity contribution in [1.29, 1.82) is 0 Å². The van der Waals surface area contributed by atoms with Crippen molar-refractivity contribution in [3.63, 3.8) is 0 Å². The van der Waals surface area contributed by atoms with Crippen LogP contribution in [0.1, 0.15) is 37.0 Å². The molecule has 0 radical (unpaired) electrons. The Morgan fingerprint density at radius 3 is 2.72 bits per heavy atom. The van der Waals surface area contributed by atoms with Gasteiger partial charge in [0.05, 0.1) is 5.56 Å². The van der Waals surface area contributed by atoms with Crippen LogP contribution in [-0.4, -0.2) is 28.6 Å². The van der Waals surface area contributed by atoms with Crippen LogP contribution in [0.3, 0.4) is 0 Å². The zero-order valence-electron chi connectivity index (χ0n) is 10.6. The van der Waals surface area contributed by atoms with Gasteiger partial charge in [0.15, 0.2) is 0 Å². The van der Waals surface area contributed by atoms with Gasteiger partial charge in [-0.15, -0.1) is 0 Å². The molecule has 0 bridgehead atoms. The number of carboxylic acid groups (broad SMARTS) is 1. The molecule has 18 heavy (non-hydrogen) atoms. The normalized spacial score (nSPS) is 14.9. The van der Waals surface area contributed by atoms with Crippen LogP contribution >= 0.6 is 11.6 Å². The highest BCUT2D eigenvalue weighted by molar-refractivity contribution is 6.29. The Morgan fingerprint density at radius 2 is 2.22 bits per heavy atom. The van der Waals surface area contributed by atoms with Gasteiger partial charge in [-0.05, 0) is 44.7 Å². The van der Waals surface area contributed by atoms with Gasteiger partial charge < -0.3 is 10.0 Å². The summed E-state index contributed by atoms with van der Waals surface area (Å²) >= 11 is 5.89. The summed E-state index contributed by atoms with van der Waals surface area (Å²) in [4.78, 5) is 17.4. The van der Waals surface area contributed by atoms with Crippen molar-refractivity contribution < 1.29 is 9.90 Å². The number of aromatic carboxylic acids is 1. The monoisotopic (exact) mass is 268 g/mol. The van der Waals surface area contributed by atoms with Crippen molar-refractivity contribution in [2.75, 3.05) is 11.4 Å². The van der Waals surface area contributed by atoms with E-state index >= 15 is 0 Å². The lowest BCUT2D eigenvalue weighted by Crippen LogP contribution is -2.33. The molecule has 0 saturated heterocycles. The van der Waals surface area contributed by atoms with E-state index in [4.69, 9.17) is 16.7 Å². The number of hydrogen-bond donors (Lipinski definition) is 1. The third kappa shape index (κ3) is 3.13. The van der Waals surface area contributed by atoms with Gasteiger partial charge in [-0.3, -0.25) is 0 Å². The number of anilines is 1. The zero-order chi connectivity index (χ0) is 13.3. The first-order chi connectivity index (χ1) is 8.47. The molecule has 2 rings (SSSR count). The number of rotatable bonds is 5. The lowest BCUT2D eigenvalue weighted by Gasteiger charge is -2.28. The first-order valence-corrected chi connectivity index (χ1v) is 6.52. The third-order valence-corrected chi connectivity index (χ3v) is 3.29. The maximum absolute atomic E-state index is 11.0. The summed E-state index contributed by atoms with van der Waals surface area (Å²) in [5.41, 5.74) is 0.187. The fraction of sp³-hybridized carbons (Fsp3) is 0.538. The maximum Gasteiger partial charge on any atom is 0.335 e. The Morgan fingerprint density at radius 1 is 1.56 bits per heavy atom. The average Bonchev–Trinajstić information content (AvgIpc) is 3.08. The molecule has 1 heterocycles. The van der Waals surface area contributed by atoms with Gasteiger partial charge in [0.1, 0.15) is 11.0 Å². The van der Waals surface area contributed by atoms with Crippen LogP contribution in [0, 0.1) is 5.92 Å². The minimum atomic E-state index is -0.976. The molecule has 0 atom stereocenters. The molecule has 1 saturated carbocycles. The number of halogens is 1.